The molecule has 3 N–H and O–H groups in total. The highest BCUT2D eigenvalue weighted by atomic mass is 16.5. The van der Waals surface area contributed by atoms with Crippen LogP contribution < -0.4 is 11.1 Å². The number of aryl methyl sites for hydroxylation is 1. The second-order valence-corrected chi connectivity index (χ2v) is 5.42. The van der Waals surface area contributed by atoms with Crippen LogP contribution in [0.1, 0.15) is 6.42 Å². The van der Waals surface area contributed by atoms with Crippen molar-refractivity contribution in [2.24, 2.45) is 18.7 Å². The number of nitrogens with zero attached hydrogens (tertiary/aromatic N) is 3. The van der Waals surface area contributed by atoms with Crippen molar-refractivity contribution in [2.75, 3.05) is 11.9 Å². The summed E-state index contributed by atoms with van der Waals surface area (Å²) in [5, 5.41) is 3.42. The zero-order valence-corrected chi connectivity index (χ0v) is 10.8. The van der Waals surface area contributed by atoms with Crippen molar-refractivity contribution in [1.29, 1.82) is 0 Å². The second-order valence-electron chi connectivity index (χ2n) is 5.42. The number of nitrogens with one attached hydrogen (secondary N) is 1. The molecule has 0 aromatic carbocycles. The van der Waals surface area contributed by atoms with Crippen molar-refractivity contribution in [3.63, 3.8) is 0 Å². The Balaban J connectivity index is 1.65. The molecule has 0 amide bonds. The van der Waals surface area contributed by atoms with Crippen LogP contribution in [-0.2, 0) is 11.8 Å². The van der Waals surface area contributed by atoms with Gasteiger partial charge in [0.2, 0.25) is 0 Å². The van der Waals surface area contributed by atoms with Crippen LogP contribution in [0.15, 0.2) is 18.6 Å². The van der Waals surface area contributed by atoms with E-state index >= 15 is 0 Å². The molecule has 4 atom stereocenters. The highest BCUT2D eigenvalue weighted by molar-refractivity contribution is 5.85. The van der Waals surface area contributed by atoms with Gasteiger partial charge in [0.15, 0.2) is 5.82 Å². The highest BCUT2D eigenvalue weighted by Gasteiger charge is 2.52. The average Bonchev–Trinajstić information content (AvgIpc) is 3.01. The fourth-order valence-electron chi connectivity index (χ4n) is 3.25. The van der Waals surface area contributed by atoms with Gasteiger partial charge in [0, 0.05) is 31.8 Å². The first-order chi connectivity index (χ1) is 9.25. The van der Waals surface area contributed by atoms with Gasteiger partial charge in [0.25, 0.3) is 0 Å². The van der Waals surface area contributed by atoms with Gasteiger partial charge in [-0.3, -0.25) is 0 Å². The Bertz CT molecular complexity index is 625. The third kappa shape index (κ3) is 1.50. The maximum absolute atomic E-state index is 6.21. The van der Waals surface area contributed by atoms with Gasteiger partial charge in [-0.15, -0.1) is 0 Å². The number of fused-ring (bicyclic) bond motifs is 2. The third-order valence-electron chi connectivity index (χ3n) is 4.39. The van der Waals surface area contributed by atoms with E-state index in [4.69, 9.17) is 10.5 Å². The van der Waals surface area contributed by atoms with Crippen molar-refractivity contribution in [2.45, 2.75) is 24.6 Å². The van der Waals surface area contributed by atoms with Gasteiger partial charge < -0.3 is 20.4 Å². The van der Waals surface area contributed by atoms with Crippen LogP contribution in [0.5, 0.6) is 0 Å². The molecule has 2 aromatic rings. The zero-order chi connectivity index (χ0) is 13.0. The van der Waals surface area contributed by atoms with E-state index in [1.165, 1.54) is 0 Å². The molecular formula is C13H17N5O. The van der Waals surface area contributed by atoms with Crippen LogP contribution in [-0.4, -0.2) is 39.3 Å². The molecule has 1 saturated heterocycles. The summed E-state index contributed by atoms with van der Waals surface area (Å²) >= 11 is 0. The summed E-state index contributed by atoms with van der Waals surface area (Å²) in [6.07, 6.45) is 4.90. The summed E-state index contributed by atoms with van der Waals surface area (Å²) in [4.78, 5) is 8.79. The van der Waals surface area contributed by atoms with E-state index in [9.17, 15) is 0 Å². The lowest BCUT2D eigenvalue weighted by Gasteiger charge is -2.45. The number of aromatic nitrogens is 3. The predicted octanol–water partition coefficient (Wildman–Crippen LogP) is 0.495. The zero-order valence-electron chi connectivity index (χ0n) is 10.8. The Morgan fingerprint density at radius 1 is 1.47 bits per heavy atom. The smallest absolute Gasteiger partial charge is 0.154 e. The third-order valence-corrected chi connectivity index (χ3v) is 4.39. The molecule has 4 unspecified atom stereocenters. The number of ether oxygens (including phenoxy) is 1. The molecule has 6 heteroatoms. The van der Waals surface area contributed by atoms with E-state index in [1.807, 2.05) is 17.7 Å². The van der Waals surface area contributed by atoms with Crippen molar-refractivity contribution >= 4 is 16.9 Å². The summed E-state index contributed by atoms with van der Waals surface area (Å²) in [7, 11) is 1.98. The summed E-state index contributed by atoms with van der Waals surface area (Å²) in [5.74, 6) is 1.30. The minimum absolute atomic E-state index is 0.146. The molecule has 3 heterocycles. The van der Waals surface area contributed by atoms with Gasteiger partial charge in [-0.2, -0.15) is 0 Å². The summed E-state index contributed by atoms with van der Waals surface area (Å²) in [5.41, 5.74) is 8.16. The number of rotatable bonds is 2. The molecule has 4 rings (SSSR count). The molecule has 2 aliphatic rings. The van der Waals surface area contributed by atoms with Crippen LogP contribution in [0.25, 0.3) is 11.0 Å². The highest BCUT2D eigenvalue weighted by Crippen LogP contribution is 2.39. The van der Waals surface area contributed by atoms with Crippen LogP contribution in [0.4, 0.5) is 5.82 Å². The van der Waals surface area contributed by atoms with E-state index in [-0.39, 0.29) is 18.2 Å². The largest absolute Gasteiger partial charge is 0.376 e. The SMILES string of the molecule is Cn1cnc2c(NC3C(N)C4CCOC43)nccc21. The van der Waals surface area contributed by atoms with Crippen LogP contribution in [0.2, 0.25) is 0 Å². The Morgan fingerprint density at radius 2 is 2.37 bits per heavy atom. The van der Waals surface area contributed by atoms with Crippen molar-refractivity contribution in [3.8, 4) is 0 Å². The molecule has 6 nitrogen and oxygen atoms in total. The summed E-state index contributed by atoms with van der Waals surface area (Å²) in [6, 6.07) is 2.25. The maximum atomic E-state index is 6.21. The number of hydrogen-bond donors (Lipinski definition) is 2. The quantitative estimate of drug-likeness (QED) is 0.821. The Morgan fingerprint density at radius 3 is 3.26 bits per heavy atom. The molecule has 1 aliphatic heterocycles. The number of imidazole rings is 1. The number of anilines is 1. The van der Waals surface area contributed by atoms with Gasteiger partial charge >= 0.3 is 0 Å². The monoisotopic (exact) mass is 259 g/mol. The second kappa shape index (κ2) is 3.91. The van der Waals surface area contributed by atoms with Gasteiger partial charge in [-0.25, -0.2) is 9.97 Å². The molecule has 19 heavy (non-hydrogen) atoms. The predicted molar refractivity (Wildman–Crippen MR) is 71.7 cm³/mol. The summed E-state index contributed by atoms with van der Waals surface area (Å²) in [6.45, 7) is 0.822. The first-order valence-electron chi connectivity index (χ1n) is 6.65. The van der Waals surface area contributed by atoms with Crippen molar-refractivity contribution in [1.82, 2.24) is 14.5 Å². The van der Waals surface area contributed by atoms with E-state index in [2.05, 4.69) is 15.3 Å². The van der Waals surface area contributed by atoms with E-state index < -0.39 is 0 Å². The lowest BCUT2D eigenvalue weighted by atomic mass is 9.72. The van der Waals surface area contributed by atoms with Crippen LogP contribution in [0, 0.1) is 5.92 Å². The topological polar surface area (TPSA) is 78.0 Å². The molecule has 1 saturated carbocycles. The molecule has 2 aromatic heterocycles. The fraction of sp³-hybridized carbons (Fsp3) is 0.538. The van der Waals surface area contributed by atoms with Gasteiger partial charge in [-0.1, -0.05) is 0 Å². The molecule has 0 radical (unpaired) electrons. The van der Waals surface area contributed by atoms with Gasteiger partial charge in [0.05, 0.1) is 24.0 Å². The first kappa shape index (κ1) is 11.2. The normalized spacial score (nSPS) is 33.2. The maximum Gasteiger partial charge on any atom is 0.154 e. The number of hydrogen-bond acceptors (Lipinski definition) is 5. The minimum Gasteiger partial charge on any atom is -0.376 e. The number of pyridine rings is 1. The lowest BCUT2D eigenvalue weighted by Crippen LogP contribution is -2.65. The Labute approximate surface area is 111 Å². The fourth-order valence-corrected chi connectivity index (χ4v) is 3.25. The number of nitrogens with two attached hydrogens (primary N) is 1. The minimum atomic E-state index is 0.146. The first-order valence-corrected chi connectivity index (χ1v) is 6.65. The summed E-state index contributed by atoms with van der Waals surface area (Å²) < 4.78 is 7.71. The standard InChI is InChI=1S/C13H17N5O/c1-18-6-16-10-8(18)2-4-15-13(10)17-11-9(14)7-3-5-19-12(7)11/h2,4,6-7,9,11-12H,3,5,14H2,1H3,(H,15,17). The molecule has 2 fully saturated rings. The lowest BCUT2D eigenvalue weighted by molar-refractivity contribution is 0.00529. The Hall–Kier alpha value is -1.66. The van der Waals surface area contributed by atoms with Crippen LogP contribution in [0.3, 0.4) is 0 Å². The van der Waals surface area contributed by atoms with Crippen molar-refractivity contribution < 1.29 is 4.74 Å². The molecule has 0 bridgehead atoms. The van der Waals surface area contributed by atoms with Crippen LogP contribution >= 0.6 is 0 Å². The van der Waals surface area contributed by atoms with E-state index in [0.717, 1.165) is 29.9 Å². The van der Waals surface area contributed by atoms with Gasteiger partial charge in [-0.05, 0) is 12.5 Å². The molecule has 1 aliphatic carbocycles. The van der Waals surface area contributed by atoms with Gasteiger partial charge in [0.1, 0.15) is 5.52 Å². The Kier molecular flexibility index (Phi) is 2.31. The molecule has 0 spiro atoms. The van der Waals surface area contributed by atoms with E-state index in [1.54, 1.807) is 12.5 Å². The van der Waals surface area contributed by atoms with E-state index in [0.29, 0.717) is 5.92 Å². The average molecular weight is 259 g/mol. The molecule has 100 valence electrons. The van der Waals surface area contributed by atoms with Crippen molar-refractivity contribution in [3.05, 3.63) is 18.6 Å². The molecular weight excluding hydrogens is 242 g/mol.